The summed E-state index contributed by atoms with van der Waals surface area (Å²) in [6.07, 6.45) is 1.38. The average molecular weight is 422 g/mol. The Balaban J connectivity index is 1.57. The molecule has 4 heterocycles. The number of fused-ring (bicyclic) bond motifs is 2. The standard InChI is InChI=1S/C21H18N4O6/c1-11-5-16-15(25(29)8-11)7-17(31-16)21(19(27)22-20(28)23-21)10-24-9-12-3-4-13(30-2)6-14(12)18(24)26/h3-8H,9-10H2,1-2H3,(H2,22,23,27,28)/t21-/m0/s1. The predicted molar refractivity (Wildman–Crippen MR) is 106 cm³/mol. The van der Waals surface area contributed by atoms with Gasteiger partial charge in [0, 0.05) is 17.7 Å². The molecule has 2 N–H and O–H groups in total. The SMILES string of the molecule is COc1ccc2c(c1)C(=O)N(C[C@@]1(c3cc4c(cc(C)c[n+]4[O-])o3)NC(=O)NC1=O)C2. The van der Waals surface area contributed by atoms with Crippen molar-refractivity contribution in [2.24, 2.45) is 0 Å². The lowest BCUT2D eigenvalue weighted by molar-refractivity contribution is -0.577. The molecule has 2 aliphatic heterocycles. The molecule has 10 heteroatoms. The molecule has 1 atom stereocenters. The molecule has 0 aliphatic carbocycles. The molecule has 2 aromatic heterocycles. The van der Waals surface area contributed by atoms with Crippen LogP contribution in [0.4, 0.5) is 4.79 Å². The van der Waals surface area contributed by atoms with E-state index in [2.05, 4.69) is 10.6 Å². The lowest BCUT2D eigenvalue weighted by Gasteiger charge is -2.28. The van der Waals surface area contributed by atoms with Crippen LogP contribution in [-0.4, -0.2) is 36.4 Å². The average Bonchev–Trinajstić information content (AvgIpc) is 3.37. The first-order valence-corrected chi connectivity index (χ1v) is 9.54. The third-order valence-electron chi connectivity index (χ3n) is 5.64. The first kappa shape index (κ1) is 18.9. The molecule has 0 bridgehead atoms. The number of carbonyl (C=O) groups is 3. The molecular weight excluding hydrogens is 404 g/mol. The van der Waals surface area contributed by atoms with Crippen LogP contribution < -0.4 is 20.1 Å². The lowest BCUT2D eigenvalue weighted by atomic mass is 9.95. The summed E-state index contributed by atoms with van der Waals surface area (Å²) in [7, 11) is 1.51. The van der Waals surface area contributed by atoms with Gasteiger partial charge in [-0.3, -0.25) is 14.9 Å². The van der Waals surface area contributed by atoms with Gasteiger partial charge < -0.3 is 24.6 Å². The van der Waals surface area contributed by atoms with Crippen LogP contribution in [0.5, 0.6) is 5.75 Å². The van der Waals surface area contributed by atoms with Gasteiger partial charge in [-0.05, 0) is 30.7 Å². The van der Waals surface area contributed by atoms with Crippen LogP contribution in [0.15, 0.2) is 40.9 Å². The predicted octanol–water partition coefficient (Wildman–Crippen LogP) is 1.07. The zero-order valence-electron chi connectivity index (χ0n) is 16.7. The highest BCUT2D eigenvalue weighted by Crippen LogP contribution is 2.34. The summed E-state index contributed by atoms with van der Waals surface area (Å²) in [5, 5.41) is 17.1. The van der Waals surface area contributed by atoms with Crippen molar-refractivity contribution in [3.63, 3.8) is 0 Å². The van der Waals surface area contributed by atoms with E-state index < -0.39 is 17.5 Å². The van der Waals surface area contributed by atoms with Gasteiger partial charge in [0.1, 0.15) is 11.5 Å². The molecule has 1 saturated heterocycles. The topological polar surface area (TPSA) is 128 Å². The normalized spacial score (nSPS) is 20.2. The maximum Gasteiger partial charge on any atom is 0.322 e. The second kappa shape index (κ2) is 6.46. The number of aryl methyl sites for hydroxylation is 1. The monoisotopic (exact) mass is 422 g/mol. The van der Waals surface area contributed by atoms with Crippen LogP contribution in [-0.2, 0) is 16.9 Å². The molecule has 31 heavy (non-hydrogen) atoms. The molecule has 1 fully saturated rings. The summed E-state index contributed by atoms with van der Waals surface area (Å²) >= 11 is 0. The Morgan fingerprint density at radius 2 is 2.06 bits per heavy atom. The van der Waals surface area contributed by atoms with Crippen LogP contribution in [0.25, 0.3) is 11.1 Å². The van der Waals surface area contributed by atoms with E-state index in [1.54, 1.807) is 31.2 Å². The fourth-order valence-corrected chi connectivity index (χ4v) is 4.12. The van der Waals surface area contributed by atoms with E-state index in [1.807, 2.05) is 0 Å². The number of nitrogens with zero attached hydrogens (tertiary/aromatic N) is 2. The van der Waals surface area contributed by atoms with Gasteiger partial charge in [-0.15, -0.1) is 0 Å². The van der Waals surface area contributed by atoms with E-state index in [0.717, 1.165) is 5.56 Å². The fourth-order valence-electron chi connectivity index (χ4n) is 4.12. The number of carbonyl (C=O) groups excluding carboxylic acids is 3. The van der Waals surface area contributed by atoms with Crippen molar-refractivity contribution < 1.29 is 28.3 Å². The molecular formula is C21H18N4O6. The first-order valence-electron chi connectivity index (χ1n) is 9.54. The maximum atomic E-state index is 13.0. The number of amides is 4. The van der Waals surface area contributed by atoms with Gasteiger partial charge in [0.05, 0.1) is 19.7 Å². The zero-order chi connectivity index (χ0) is 21.9. The van der Waals surface area contributed by atoms with Crippen LogP contribution >= 0.6 is 0 Å². The Bertz CT molecular complexity index is 1280. The van der Waals surface area contributed by atoms with E-state index in [-0.39, 0.29) is 35.9 Å². The molecule has 2 aliphatic rings. The van der Waals surface area contributed by atoms with Crippen LogP contribution in [0.2, 0.25) is 0 Å². The first-order chi connectivity index (χ1) is 14.8. The van der Waals surface area contributed by atoms with E-state index in [1.165, 1.54) is 24.3 Å². The minimum Gasteiger partial charge on any atom is -0.618 e. The molecule has 158 valence electrons. The number of aromatic nitrogens is 1. The van der Waals surface area contributed by atoms with Gasteiger partial charge >= 0.3 is 6.03 Å². The molecule has 0 spiro atoms. The molecule has 5 rings (SSSR count). The van der Waals surface area contributed by atoms with Crippen LogP contribution in [0, 0.1) is 12.1 Å². The smallest absolute Gasteiger partial charge is 0.322 e. The molecule has 0 saturated carbocycles. The number of pyridine rings is 1. The van der Waals surface area contributed by atoms with Crippen molar-refractivity contribution in [2.75, 3.05) is 13.7 Å². The van der Waals surface area contributed by atoms with Crippen molar-refractivity contribution in [1.29, 1.82) is 0 Å². The Kier molecular flexibility index (Phi) is 3.94. The summed E-state index contributed by atoms with van der Waals surface area (Å²) in [4.78, 5) is 39.5. The third-order valence-corrected chi connectivity index (χ3v) is 5.64. The number of imide groups is 1. The van der Waals surface area contributed by atoms with Crippen molar-refractivity contribution >= 4 is 28.9 Å². The fraction of sp³-hybridized carbons (Fsp3) is 0.238. The second-order valence-corrected chi connectivity index (χ2v) is 7.70. The minimum absolute atomic E-state index is 0.0717. The summed E-state index contributed by atoms with van der Waals surface area (Å²) in [6, 6.07) is 7.56. The largest absolute Gasteiger partial charge is 0.618 e. The number of hydrogen-bond donors (Lipinski definition) is 2. The molecule has 10 nitrogen and oxygen atoms in total. The summed E-state index contributed by atoms with van der Waals surface area (Å²) in [5.41, 5.74) is 0.754. The molecule has 4 amide bonds. The van der Waals surface area contributed by atoms with Crippen LogP contribution in [0.1, 0.15) is 27.2 Å². The maximum absolute atomic E-state index is 13.0. The number of rotatable bonds is 4. The number of nitrogens with one attached hydrogen (secondary N) is 2. The van der Waals surface area contributed by atoms with Gasteiger partial charge in [-0.25, -0.2) is 4.79 Å². The Labute approximate surface area is 176 Å². The van der Waals surface area contributed by atoms with Gasteiger partial charge in [-0.2, -0.15) is 4.73 Å². The van der Waals surface area contributed by atoms with Crippen molar-refractivity contribution in [3.8, 4) is 5.75 Å². The Hall–Kier alpha value is -4.08. The van der Waals surface area contributed by atoms with E-state index in [9.17, 15) is 19.6 Å². The molecule has 1 aromatic carbocycles. The van der Waals surface area contributed by atoms with Gasteiger partial charge in [0.25, 0.3) is 17.3 Å². The zero-order valence-corrected chi connectivity index (χ0v) is 16.7. The molecule has 3 aromatic rings. The number of hydrogen-bond acceptors (Lipinski definition) is 6. The van der Waals surface area contributed by atoms with Crippen LogP contribution in [0.3, 0.4) is 0 Å². The third kappa shape index (κ3) is 2.79. The Morgan fingerprint density at radius 1 is 1.26 bits per heavy atom. The lowest BCUT2D eigenvalue weighted by Crippen LogP contribution is -2.52. The molecule has 0 unspecified atom stereocenters. The van der Waals surface area contributed by atoms with Crippen molar-refractivity contribution in [1.82, 2.24) is 15.5 Å². The Morgan fingerprint density at radius 3 is 2.77 bits per heavy atom. The van der Waals surface area contributed by atoms with Crippen molar-refractivity contribution in [3.05, 3.63) is 64.2 Å². The van der Waals surface area contributed by atoms with E-state index >= 15 is 0 Å². The highest BCUT2D eigenvalue weighted by atomic mass is 16.5. The number of furan rings is 1. The summed E-state index contributed by atoms with van der Waals surface area (Å²) < 4.78 is 11.7. The van der Waals surface area contributed by atoms with E-state index in [0.29, 0.717) is 21.6 Å². The second-order valence-electron chi connectivity index (χ2n) is 7.70. The minimum atomic E-state index is -1.67. The van der Waals surface area contributed by atoms with Crippen molar-refractivity contribution in [2.45, 2.75) is 19.0 Å². The number of benzene rings is 1. The van der Waals surface area contributed by atoms with Gasteiger partial charge in [0.15, 0.2) is 17.3 Å². The highest BCUT2D eigenvalue weighted by molar-refractivity contribution is 6.08. The summed E-state index contributed by atoms with van der Waals surface area (Å²) in [6.45, 7) is 1.83. The number of methoxy groups -OCH3 is 1. The van der Waals surface area contributed by atoms with E-state index in [4.69, 9.17) is 9.15 Å². The number of urea groups is 1. The molecule has 0 radical (unpaired) electrons. The quantitative estimate of drug-likeness (QED) is 0.368. The number of ether oxygens (including phenoxy) is 1. The summed E-state index contributed by atoms with van der Waals surface area (Å²) in [5.74, 6) is -0.342. The van der Waals surface area contributed by atoms with Gasteiger partial charge in [-0.1, -0.05) is 6.07 Å². The van der Waals surface area contributed by atoms with Gasteiger partial charge in [0.2, 0.25) is 0 Å². The highest BCUT2D eigenvalue weighted by Gasteiger charge is 2.53.